The highest BCUT2D eigenvalue weighted by Gasteiger charge is 2.25. The molecule has 1 atom stereocenters. The molecule has 0 radical (unpaired) electrons. The second-order valence-electron chi connectivity index (χ2n) is 9.44. The number of benzene rings is 1. The third-order valence-corrected chi connectivity index (χ3v) is 5.77. The van der Waals surface area contributed by atoms with Crippen LogP contribution in [0.3, 0.4) is 0 Å². The molecule has 1 aromatic carbocycles. The van der Waals surface area contributed by atoms with Crippen LogP contribution in [0.25, 0.3) is 10.9 Å². The second kappa shape index (κ2) is 11.1. The van der Waals surface area contributed by atoms with Gasteiger partial charge in [-0.15, -0.1) is 0 Å². The number of nitrogens with zero attached hydrogens (tertiary/aromatic N) is 1. The topological polar surface area (TPSA) is 66.6 Å². The number of carbonyl (C=O) groups is 1. The maximum Gasteiger partial charge on any atom is 0.345 e. The number of fused-ring (bicyclic) bond motifs is 1. The summed E-state index contributed by atoms with van der Waals surface area (Å²) in [6.07, 6.45) is 4.84. The van der Waals surface area contributed by atoms with Gasteiger partial charge in [-0.2, -0.15) is 8.78 Å². The summed E-state index contributed by atoms with van der Waals surface area (Å²) in [5.41, 5.74) is 1.88. The summed E-state index contributed by atoms with van der Waals surface area (Å²) in [4.78, 5) is 17.3. The third kappa shape index (κ3) is 7.17. The number of hydrogen-bond donors (Lipinski definition) is 2. The maximum atomic E-state index is 12.4. The lowest BCUT2D eigenvalue weighted by Crippen LogP contribution is -2.35. The summed E-state index contributed by atoms with van der Waals surface area (Å²) in [6.45, 7) is 6.40. The highest BCUT2D eigenvalue weighted by molar-refractivity contribution is 5.84. The Kier molecular flexibility index (Phi) is 8.48. The average molecular weight is 452 g/mol. The number of aromatic nitrogens is 1. The van der Waals surface area contributed by atoms with E-state index in [-0.39, 0.29) is 17.4 Å². The number of H-pyrrole nitrogens is 1. The van der Waals surface area contributed by atoms with Crippen molar-refractivity contribution in [3.8, 4) is 5.75 Å². The monoisotopic (exact) mass is 451 g/mol. The fourth-order valence-corrected chi connectivity index (χ4v) is 3.87. The van der Waals surface area contributed by atoms with E-state index in [0.717, 1.165) is 49.0 Å². The van der Waals surface area contributed by atoms with Gasteiger partial charge < -0.3 is 24.7 Å². The molecule has 3 rings (SSSR count). The Balaban J connectivity index is 1.43. The summed E-state index contributed by atoms with van der Waals surface area (Å²) in [5, 5.41) is 4.08. The van der Waals surface area contributed by atoms with Gasteiger partial charge in [0.2, 0.25) is 5.91 Å². The first-order valence-electron chi connectivity index (χ1n) is 11.4. The molecule has 1 aliphatic heterocycles. The van der Waals surface area contributed by atoms with Crippen molar-refractivity contribution in [1.82, 2.24) is 15.2 Å². The van der Waals surface area contributed by atoms with Crippen molar-refractivity contribution in [1.29, 1.82) is 0 Å². The van der Waals surface area contributed by atoms with Crippen molar-refractivity contribution < 1.29 is 23.0 Å². The van der Waals surface area contributed by atoms with Gasteiger partial charge >= 0.3 is 6.61 Å². The van der Waals surface area contributed by atoms with E-state index in [1.807, 2.05) is 39.1 Å². The van der Waals surface area contributed by atoms with Gasteiger partial charge in [0.05, 0.1) is 12.7 Å². The predicted octanol–water partition coefficient (Wildman–Crippen LogP) is 4.35. The number of aromatic amines is 1. The zero-order valence-electron chi connectivity index (χ0n) is 19.3. The van der Waals surface area contributed by atoms with E-state index in [2.05, 4.69) is 26.0 Å². The largest absolute Gasteiger partial charge is 0.494 e. The number of rotatable bonds is 11. The predicted molar refractivity (Wildman–Crippen MR) is 121 cm³/mol. The van der Waals surface area contributed by atoms with Crippen LogP contribution in [-0.2, 0) is 16.0 Å². The van der Waals surface area contributed by atoms with E-state index in [4.69, 9.17) is 4.74 Å². The normalized spacial score (nSPS) is 17.4. The van der Waals surface area contributed by atoms with Crippen LogP contribution >= 0.6 is 0 Å². The van der Waals surface area contributed by atoms with Crippen LogP contribution in [0.15, 0.2) is 24.4 Å². The lowest BCUT2D eigenvalue weighted by atomic mass is 9.96. The van der Waals surface area contributed by atoms with Crippen LogP contribution in [-0.4, -0.2) is 61.3 Å². The number of alkyl halides is 2. The number of likely N-dealkylation sites (tertiary alicyclic amines) is 1. The zero-order valence-corrected chi connectivity index (χ0v) is 19.3. The summed E-state index contributed by atoms with van der Waals surface area (Å²) in [6, 6.07) is 6.02. The molecule has 0 unspecified atom stereocenters. The van der Waals surface area contributed by atoms with Crippen molar-refractivity contribution >= 4 is 16.8 Å². The molecule has 2 aromatic rings. The van der Waals surface area contributed by atoms with Gasteiger partial charge in [0.25, 0.3) is 0 Å². The molecule has 1 saturated heterocycles. The molecule has 1 aromatic heterocycles. The molecule has 8 heteroatoms. The molecular formula is C24H35F2N3O3. The van der Waals surface area contributed by atoms with Crippen LogP contribution in [0, 0.1) is 5.41 Å². The van der Waals surface area contributed by atoms with Crippen molar-refractivity contribution in [3.05, 3.63) is 30.0 Å². The number of unbranched alkanes of at least 4 members (excludes halogenated alkanes) is 1. The van der Waals surface area contributed by atoms with Gasteiger partial charge in [0, 0.05) is 48.7 Å². The molecule has 0 spiro atoms. The Hall–Kier alpha value is -2.19. The molecule has 0 bridgehead atoms. The first-order valence-corrected chi connectivity index (χ1v) is 11.4. The zero-order chi connectivity index (χ0) is 23.1. The van der Waals surface area contributed by atoms with E-state index >= 15 is 0 Å². The Morgan fingerprint density at radius 3 is 2.88 bits per heavy atom. The highest BCUT2D eigenvalue weighted by Crippen LogP contribution is 2.25. The summed E-state index contributed by atoms with van der Waals surface area (Å²) in [5.74, 6) is 0.888. The molecule has 32 heavy (non-hydrogen) atoms. The van der Waals surface area contributed by atoms with Gasteiger partial charge in [0.15, 0.2) is 0 Å². The van der Waals surface area contributed by atoms with Crippen LogP contribution in [0.5, 0.6) is 5.75 Å². The Morgan fingerprint density at radius 2 is 2.12 bits per heavy atom. The van der Waals surface area contributed by atoms with E-state index in [1.165, 1.54) is 5.56 Å². The fourth-order valence-electron chi connectivity index (χ4n) is 3.87. The summed E-state index contributed by atoms with van der Waals surface area (Å²) >= 11 is 0. The van der Waals surface area contributed by atoms with Crippen molar-refractivity contribution in [2.75, 3.05) is 32.8 Å². The van der Waals surface area contributed by atoms with Crippen molar-refractivity contribution in [2.24, 2.45) is 5.41 Å². The van der Waals surface area contributed by atoms with E-state index < -0.39 is 6.61 Å². The number of amides is 1. The Labute approximate surface area is 188 Å². The lowest BCUT2D eigenvalue weighted by molar-refractivity contribution is -0.158. The summed E-state index contributed by atoms with van der Waals surface area (Å²) < 4.78 is 35.3. The smallest absolute Gasteiger partial charge is 0.345 e. The number of carbonyl (C=O) groups excluding carboxylic acids is 1. The van der Waals surface area contributed by atoms with Gasteiger partial charge in [-0.1, -0.05) is 20.8 Å². The lowest BCUT2D eigenvalue weighted by Gasteiger charge is -2.17. The molecule has 1 aliphatic rings. The van der Waals surface area contributed by atoms with E-state index in [0.29, 0.717) is 26.1 Å². The van der Waals surface area contributed by atoms with Gasteiger partial charge in [-0.05, 0) is 49.4 Å². The van der Waals surface area contributed by atoms with Crippen LogP contribution in [0.2, 0.25) is 0 Å². The first-order chi connectivity index (χ1) is 15.2. The standard InChI is InChI=1S/C24H35F2N3O3/c1-24(2,3)22(30)27-10-4-5-13-31-18-6-7-21-20(14-18)17(15-28-21)8-11-29-12-9-19(16-29)32-23(25)26/h6-7,14-15,19,23,28H,4-5,8-13,16H2,1-3H3,(H,27,30)/t19-/m0/s1. The minimum absolute atomic E-state index is 0.0647. The number of ether oxygens (including phenoxy) is 2. The fraction of sp³-hybridized carbons (Fsp3) is 0.625. The van der Waals surface area contributed by atoms with E-state index in [1.54, 1.807) is 0 Å². The Morgan fingerprint density at radius 1 is 1.31 bits per heavy atom. The molecular weight excluding hydrogens is 416 g/mol. The molecule has 1 fully saturated rings. The van der Waals surface area contributed by atoms with Gasteiger partial charge in [-0.3, -0.25) is 4.79 Å². The van der Waals surface area contributed by atoms with Crippen LogP contribution in [0.4, 0.5) is 8.78 Å². The van der Waals surface area contributed by atoms with E-state index in [9.17, 15) is 13.6 Å². The molecule has 1 amide bonds. The summed E-state index contributed by atoms with van der Waals surface area (Å²) in [7, 11) is 0. The SMILES string of the molecule is CC(C)(C)C(=O)NCCCCOc1ccc2[nH]cc(CCN3CC[C@H](OC(F)F)C3)c2c1. The molecule has 0 aliphatic carbocycles. The number of nitrogens with one attached hydrogen (secondary N) is 2. The number of halogens is 2. The molecule has 2 N–H and O–H groups in total. The van der Waals surface area contributed by atoms with Crippen molar-refractivity contribution in [2.45, 2.75) is 59.2 Å². The van der Waals surface area contributed by atoms with Gasteiger partial charge in [-0.25, -0.2) is 0 Å². The Bertz CT molecular complexity index is 879. The average Bonchev–Trinajstić information content (AvgIpc) is 3.33. The number of hydrogen-bond acceptors (Lipinski definition) is 4. The molecule has 6 nitrogen and oxygen atoms in total. The first kappa shape index (κ1) is 24.5. The van der Waals surface area contributed by atoms with Crippen LogP contribution in [0.1, 0.15) is 45.6 Å². The minimum Gasteiger partial charge on any atom is -0.494 e. The maximum absolute atomic E-state index is 12.4. The third-order valence-electron chi connectivity index (χ3n) is 5.77. The van der Waals surface area contributed by atoms with Crippen LogP contribution < -0.4 is 10.1 Å². The second-order valence-corrected chi connectivity index (χ2v) is 9.44. The van der Waals surface area contributed by atoms with Crippen molar-refractivity contribution in [3.63, 3.8) is 0 Å². The minimum atomic E-state index is -2.70. The molecule has 0 saturated carbocycles. The van der Waals surface area contributed by atoms with Gasteiger partial charge in [0.1, 0.15) is 5.75 Å². The molecule has 178 valence electrons. The highest BCUT2D eigenvalue weighted by atomic mass is 19.3. The quantitative estimate of drug-likeness (QED) is 0.499. The molecule has 2 heterocycles.